The predicted molar refractivity (Wildman–Crippen MR) is 107 cm³/mol. The smallest absolute Gasteiger partial charge is 0.283 e. The molecule has 28 heavy (non-hydrogen) atoms. The van der Waals surface area contributed by atoms with Gasteiger partial charge in [-0.3, -0.25) is 19.7 Å². The molecule has 1 saturated heterocycles. The van der Waals surface area contributed by atoms with Crippen molar-refractivity contribution in [3.05, 3.63) is 61.7 Å². The number of carbonyl (C=O) groups is 2. The van der Waals surface area contributed by atoms with E-state index in [1.54, 1.807) is 18.3 Å². The number of hydrogen-bond donors (Lipinski definition) is 1. The molecular weight excluding hydrogens is 452 g/mol. The fraction of sp³-hybridized carbons (Fsp3) is 0.278. The van der Waals surface area contributed by atoms with E-state index >= 15 is 0 Å². The van der Waals surface area contributed by atoms with Gasteiger partial charge in [0.05, 0.1) is 10.8 Å². The average Bonchev–Trinajstić information content (AvgIpc) is 2.69. The largest absolute Gasteiger partial charge is 0.338 e. The van der Waals surface area contributed by atoms with Crippen LogP contribution in [0.4, 0.5) is 11.5 Å². The van der Waals surface area contributed by atoms with Gasteiger partial charge in [-0.2, -0.15) is 0 Å². The van der Waals surface area contributed by atoms with Gasteiger partial charge in [-0.15, -0.1) is 0 Å². The predicted octanol–water partition coefficient (Wildman–Crippen LogP) is 3.90. The molecule has 1 unspecified atom stereocenters. The van der Waals surface area contributed by atoms with Crippen LogP contribution in [0.15, 0.2) is 41.0 Å². The van der Waals surface area contributed by atoms with E-state index in [1.807, 2.05) is 0 Å². The van der Waals surface area contributed by atoms with Gasteiger partial charge in [0.2, 0.25) is 5.91 Å². The van der Waals surface area contributed by atoms with Crippen LogP contribution in [-0.4, -0.2) is 39.7 Å². The number of nitrogens with zero attached hydrogens (tertiary/aromatic N) is 3. The molecule has 10 heteroatoms. The number of halogens is 2. The number of benzene rings is 1. The second-order valence-electron chi connectivity index (χ2n) is 6.36. The first-order valence-corrected chi connectivity index (χ1v) is 9.68. The van der Waals surface area contributed by atoms with Gasteiger partial charge in [0.25, 0.3) is 11.6 Å². The molecule has 1 aliphatic rings. The standard InChI is InChI=1S/C18H16BrClN4O4/c19-12-3-6-16(21-9-12)22-17(25)11-2-1-7-23(10-11)18(26)14-5-4-13(20)8-15(14)24(27)28/h3-6,8-9,11H,1-2,7,10H2,(H,21,22,25). The molecule has 0 radical (unpaired) electrons. The summed E-state index contributed by atoms with van der Waals surface area (Å²) in [6.07, 6.45) is 2.82. The summed E-state index contributed by atoms with van der Waals surface area (Å²) in [7, 11) is 0. The number of piperidine rings is 1. The molecule has 1 aliphatic heterocycles. The van der Waals surface area contributed by atoms with E-state index in [0.29, 0.717) is 25.2 Å². The third kappa shape index (κ3) is 4.66. The number of amides is 2. The third-order valence-electron chi connectivity index (χ3n) is 4.44. The van der Waals surface area contributed by atoms with E-state index in [9.17, 15) is 19.7 Å². The van der Waals surface area contributed by atoms with Crippen LogP contribution in [0.25, 0.3) is 0 Å². The molecule has 3 rings (SSSR count). The molecule has 0 aliphatic carbocycles. The van der Waals surface area contributed by atoms with E-state index in [-0.39, 0.29) is 28.7 Å². The molecule has 0 spiro atoms. The number of hydrogen-bond acceptors (Lipinski definition) is 5. The summed E-state index contributed by atoms with van der Waals surface area (Å²) in [5, 5.41) is 14.2. The summed E-state index contributed by atoms with van der Waals surface area (Å²) >= 11 is 9.09. The van der Waals surface area contributed by atoms with Crippen molar-refractivity contribution >= 4 is 50.9 Å². The van der Waals surface area contributed by atoms with Gasteiger partial charge < -0.3 is 10.2 Å². The van der Waals surface area contributed by atoms with Gasteiger partial charge in [0, 0.05) is 34.8 Å². The van der Waals surface area contributed by atoms with Gasteiger partial charge in [0.15, 0.2) is 0 Å². The second-order valence-corrected chi connectivity index (χ2v) is 7.71. The van der Waals surface area contributed by atoms with Crippen LogP contribution in [0.3, 0.4) is 0 Å². The van der Waals surface area contributed by atoms with Crippen LogP contribution < -0.4 is 5.32 Å². The van der Waals surface area contributed by atoms with Crippen molar-refractivity contribution in [2.24, 2.45) is 5.92 Å². The molecule has 0 bridgehead atoms. The first-order valence-electron chi connectivity index (χ1n) is 8.51. The van der Waals surface area contributed by atoms with Crippen molar-refractivity contribution in [3.63, 3.8) is 0 Å². The van der Waals surface area contributed by atoms with E-state index in [0.717, 1.165) is 10.5 Å². The van der Waals surface area contributed by atoms with Crippen molar-refractivity contribution in [3.8, 4) is 0 Å². The fourth-order valence-electron chi connectivity index (χ4n) is 3.06. The average molecular weight is 468 g/mol. The lowest BCUT2D eigenvalue weighted by atomic mass is 9.96. The van der Waals surface area contributed by atoms with E-state index < -0.39 is 16.7 Å². The molecule has 1 fully saturated rings. The highest BCUT2D eigenvalue weighted by Gasteiger charge is 2.32. The zero-order chi connectivity index (χ0) is 20.3. The Balaban J connectivity index is 1.72. The van der Waals surface area contributed by atoms with Crippen LogP contribution in [0, 0.1) is 16.0 Å². The van der Waals surface area contributed by atoms with Gasteiger partial charge in [0.1, 0.15) is 11.4 Å². The molecule has 2 heterocycles. The molecule has 2 amide bonds. The van der Waals surface area contributed by atoms with Crippen molar-refractivity contribution in [2.75, 3.05) is 18.4 Å². The maximum absolute atomic E-state index is 12.8. The van der Waals surface area contributed by atoms with Crippen LogP contribution in [-0.2, 0) is 4.79 Å². The summed E-state index contributed by atoms with van der Waals surface area (Å²) in [6, 6.07) is 7.37. The first-order chi connectivity index (χ1) is 13.3. The Labute approximate surface area is 174 Å². The van der Waals surface area contributed by atoms with Crippen molar-refractivity contribution in [1.29, 1.82) is 0 Å². The first kappa shape index (κ1) is 20.2. The molecule has 2 aromatic rings. The van der Waals surface area contributed by atoms with Gasteiger partial charge in [-0.25, -0.2) is 4.98 Å². The summed E-state index contributed by atoms with van der Waals surface area (Å²) in [5.41, 5.74) is -0.381. The Bertz CT molecular complexity index is 922. The lowest BCUT2D eigenvalue weighted by Gasteiger charge is -2.32. The Morgan fingerprint density at radius 1 is 1.32 bits per heavy atom. The van der Waals surface area contributed by atoms with E-state index in [1.165, 1.54) is 17.0 Å². The van der Waals surface area contributed by atoms with Gasteiger partial charge in [-0.05, 0) is 53.0 Å². The Hall–Kier alpha value is -2.52. The number of rotatable bonds is 4. The molecular formula is C18H16BrClN4O4. The number of anilines is 1. The van der Waals surface area contributed by atoms with Gasteiger partial charge in [-0.1, -0.05) is 11.6 Å². The Morgan fingerprint density at radius 2 is 2.11 bits per heavy atom. The summed E-state index contributed by atoms with van der Waals surface area (Å²) in [4.78, 5) is 41.6. The lowest BCUT2D eigenvalue weighted by molar-refractivity contribution is -0.385. The summed E-state index contributed by atoms with van der Waals surface area (Å²) < 4.78 is 0.796. The normalized spacial score (nSPS) is 16.5. The van der Waals surface area contributed by atoms with Crippen LogP contribution in [0.2, 0.25) is 5.02 Å². The lowest BCUT2D eigenvalue weighted by Crippen LogP contribution is -2.44. The maximum Gasteiger partial charge on any atom is 0.283 e. The minimum Gasteiger partial charge on any atom is -0.338 e. The molecule has 1 aromatic heterocycles. The topological polar surface area (TPSA) is 105 Å². The number of carbonyl (C=O) groups excluding carboxylic acids is 2. The quantitative estimate of drug-likeness (QED) is 0.542. The molecule has 1 N–H and O–H groups in total. The molecule has 1 atom stereocenters. The molecule has 8 nitrogen and oxygen atoms in total. The molecule has 1 aromatic carbocycles. The molecule has 146 valence electrons. The minimum atomic E-state index is -0.632. The van der Waals surface area contributed by atoms with Gasteiger partial charge >= 0.3 is 0 Å². The van der Waals surface area contributed by atoms with E-state index in [2.05, 4.69) is 26.2 Å². The number of nitro groups is 1. The van der Waals surface area contributed by atoms with Crippen molar-refractivity contribution in [2.45, 2.75) is 12.8 Å². The number of pyridine rings is 1. The Kier molecular flexibility index (Phi) is 6.25. The minimum absolute atomic E-state index is 0.0370. The highest BCUT2D eigenvalue weighted by molar-refractivity contribution is 9.10. The SMILES string of the molecule is O=C(Nc1ccc(Br)cn1)C1CCCN(C(=O)c2ccc(Cl)cc2[N+](=O)[O-])C1. The highest BCUT2D eigenvalue weighted by atomic mass is 79.9. The highest BCUT2D eigenvalue weighted by Crippen LogP contribution is 2.27. The third-order valence-corrected chi connectivity index (χ3v) is 5.15. The van der Waals surface area contributed by atoms with Crippen LogP contribution >= 0.6 is 27.5 Å². The van der Waals surface area contributed by atoms with Crippen LogP contribution in [0.1, 0.15) is 23.2 Å². The molecule has 0 saturated carbocycles. The number of likely N-dealkylation sites (tertiary alicyclic amines) is 1. The summed E-state index contributed by atoms with van der Waals surface area (Å²) in [5.74, 6) is -0.722. The maximum atomic E-state index is 12.8. The number of nitro benzene ring substituents is 1. The monoisotopic (exact) mass is 466 g/mol. The van der Waals surface area contributed by atoms with Crippen molar-refractivity contribution < 1.29 is 14.5 Å². The summed E-state index contributed by atoms with van der Waals surface area (Å²) in [6.45, 7) is 0.611. The second kappa shape index (κ2) is 8.66. The number of nitrogens with one attached hydrogen (secondary N) is 1. The van der Waals surface area contributed by atoms with Crippen molar-refractivity contribution in [1.82, 2.24) is 9.88 Å². The Morgan fingerprint density at radius 3 is 2.79 bits per heavy atom. The fourth-order valence-corrected chi connectivity index (χ4v) is 3.46. The zero-order valence-corrected chi connectivity index (χ0v) is 16.9. The van der Waals surface area contributed by atoms with Crippen LogP contribution in [0.5, 0.6) is 0 Å². The zero-order valence-electron chi connectivity index (χ0n) is 14.6. The van der Waals surface area contributed by atoms with E-state index in [4.69, 9.17) is 11.6 Å². The number of aromatic nitrogens is 1.